The van der Waals surface area contributed by atoms with Crippen molar-refractivity contribution >= 4 is 11.0 Å². The molecule has 0 radical (unpaired) electrons. The lowest BCUT2D eigenvalue weighted by Crippen LogP contribution is -2.18. The van der Waals surface area contributed by atoms with E-state index in [0.29, 0.717) is 24.1 Å². The molecule has 0 amide bonds. The Balaban J connectivity index is 2.20. The van der Waals surface area contributed by atoms with E-state index in [0.717, 1.165) is 17.7 Å². The number of furan rings is 1. The number of ether oxygens (including phenoxy) is 1. The number of methoxy groups -OCH3 is 1. The maximum absolute atomic E-state index is 13.7. The van der Waals surface area contributed by atoms with Crippen LogP contribution in [0.15, 0.2) is 22.8 Å². The molecule has 1 heterocycles. The predicted molar refractivity (Wildman–Crippen MR) is 64.5 cm³/mol. The Hall–Kier alpha value is -1.39. The van der Waals surface area contributed by atoms with E-state index in [4.69, 9.17) is 9.15 Å². The minimum absolute atomic E-state index is 0.233. The van der Waals surface area contributed by atoms with Gasteiger partial charge in [-0.3, -0.25) is 0 Å². The molecule has 3 nitrogen and oxygen atoms in total. The summed E-state index contributed by atoms with van der Waals surface area (Å²) in [7, 11) is 1.65. The van der Waals surface area contributed by atoms with Gasteiger partial charge < -0.3 is 14.5 Å². The van der Waals surface area contributed by atoms with Gasteiger partial charge in [0.05, 0.1) is 18.3 Å². The second-order valence-electron chi connectivity index (χ2n) is 4.00. The SMILES string of the molecule is COCCNCc1coc2c(C)ccc(F)c12. The number of rotatable bonds is 5. The Morgan fingerprint density at radius 3 is 3.00 bits per heavy atom. The van der Waals surface area contributed by atoms with Gasteiger partial charge in [-0.25, -0.2) is 4.39 Å². The standard InChI is InChI=1S/C13H16FNO2/c1-9-3-4-11(14)12-10(8-17-13(9)12)7-15-5-6-16-2/h3-4,8,15H,5-7H2,1-2H3. The van der Waals surface area contributed by atoms with Crippen LogP contribution in [-0.2, 0) is 11.3 Å². The zero-order valence-corrected chi connectivity index (χ0v) is 10.0. The molecular weight excluding hydrogens is 221 g/mol. The van der Waals surface area contributed by atoms with Gasteiger partial charge >= 0.3 is 0 Å². The largest absolute Gasteiger partial charge is 0.464 e. The van der Waals surface area contributed by atoms with Crippen LogP contribution in [0.5, 0.6) is 0 Å². The Morgan fingerprint density at radius 2 is 2.24 bits per heavy atom. The van der Waals surface area contributed by atoms with Crippen LogP contribution in [0.3, 0.4) is 0 Å². The lowest BCUT2D eigenvalue weighted by Gasteiger charge is -2.03. The van der Waals surface area contributed by atoms with Gasteiger partial charge in [-0.15, -0.1) is 0 Å². The van der Waals surface area contributed by atoms with E-state index < -0.39 is 0 Å². The Morgan fingerprint density at radius 1 is 1.41 bits per heavy atom. The van der Waals surface area contributed by atoms with Crippen molar-refractivity contribution in [1.82, 2.24) is 5.32 Å². The van der Waals surface area contributed by atoms with Crippen LogP contribution in [0, 0.1) is 12.7 Å². The van der Waals surface area contributed by atoms with Gasteiger partial charge in [-0.1, -0.05) is 6.07 Å². The minimum atomic E-state index is -0.233. The number of halogens is 1. The van der Waals surface area contributed by atoms with Gasteiger partial charge in [0.15, 0.2) is 0 Å². The number of nitrogens with one attached hydrogen (secondary N) is 1. The van der Waals surface area contributed by atoms with Crippen LogP contribution in [0.1, 0.15) is 11.1 Å². The van der Waals surface area contributed by atoms with Crippen LogP contribution in [0.2, 0.25) is 0 Å². The van der Waals surface area contributed by atoms with E-state index in [2.05, 4.69) is 5.32 Å². The van der Waals surface area contributed by atoms with Crippen molar-refractivity contribution in [2.75, 3.05) is 20.3 Å². The Labute approximate surface area is 99.6 Å². The molecule has 0 aliphatic rings. The molecule has 2 aromatic rings. The molecule has 0 saturated heterocycles. The summed E-state index contributed by atoms with van der Waals surface area (Å²) in [5, 5.41) is 3.75. The van der Waals surface area contributed by atoms with E-state index in [9.17, 15) is 4.39 Å². The van der Waals surface area contributed by atoms with E-state index in [1.165, 1.54) is 6.07 Å². The summed E-state index contributed by atoms with van der Waals surface area (Å²) in [4.78, 5) is 0. The molecule has 0 aliphatic heterocycles. The molecule has 1 aromatic heterocycles. The van der Waals surface area contributed by atoms with Gasteiger partial charge in [0.25, 0.3) is 0 Å². The molecule has 2 rings (SSSR count). The lowest BCUT2D eigenvalue weighted by atomic mass is 10.1. The molecule has 0 fully saturated rings. The molecular formula is C13H16FNO2. The van der Waals surface area contributed by atoms with Crippen LogP contribution in [0.4, 0.5) is 4.39 Å². The summed E-state index contributed by atoms with van der Waals surface area (Å²) in [6.07, 6.45) is 1.61. The van der Waals surface area contributed by atoms with E-state index in [1.807, 2.05) is 6.92 Å². The maximum Gasteiger partial charge on any atom is 0.140 e. The van der Waals surface area contributed by atoms with Crippen molar-refractivity contribution in [3.63, 3.8) is 0 Å². The van der Waals surface area contributed by atoms with Crippen LogP contribution < -0.4 is 5.32 Å². The summed E-state index contributed by atoms with van der Waals surface area (Å²) in [5.74, 6) is -0.233. The molecule has 0 aliphatic carbocycles. The Bertz CT molecular complexity index is 507. The second-order valence-corrected chi connectivity index (χ2v) is 4.00. The molecule has 0 atom stereocenters. The molecule has 17 heavy (non-hydrogen) atoms. The van der Waals surface area contributed by atoms with Gasteiger partial charge in [0.2, 0.25) is 0 Å². The first-order valence-corrected chi connectivity index (χ1v) is 5.59. The first kappa shape index (κ1) is 12.1. The highest BCUT2D eigenvalue weighted by molar-refractivity contribution is 5.84. The highest BCUT2D eigenvalue weighted by atomic mass is 19.1. The summed E-state index contributed by atoms with van der Waals surface area (Å²) in [6, 6.07) is 3.20. The summed E-state index contributed by atoms with van der Waals surface area (Å²) >= 11 is 0. The number of hydrogen-bond acceptors (Lipinski definition) is 3. The first-order valence-electron chi connectivity index (χ1n) is 5.59. The summed E-state index contributed by atoms with van der Waals surface area (Å²) in [6.45, 7) is 3.86. The third kappa shape index (κ3) is 2.48. The quantitative estimate of drug-likeness (QED) is 0.812. The van der Waals surface area contributed by atoms with Gasteiger partial charge in [0, 0.05) is 25.8 Å². The molecule has 1 N–H and O–H groups in total. The zero-order valence-electron chi connectivity index (χ0n) is 10.0. The van der Waals surface area contributed by atoms with Crippen molar-refractivity contribution in [3.8, 4) is 0 Å². The maximum atomic E-state index is 13.7. The smallest absolute Gasteiger partial charge is 0.140 e. The molecule has 0 unspecified atom stereocenters. The van der Waals surface area contributed by atoms with Crippen molar-refractivity contribution < 1.29 is 13.5 Å². The van der Waals surface area contributed by atoms with E-state index in [-0.39, 0.29) is 5.82 Å². The molecule has 0 spiro atoms. The van der Waals surface area contributed by atoms with Gasteiger partial charge in [-0.2, -0.15) is 0 Å². The molecule has 0 bridgehead atoms. The second kappa shape index (κ2) is 5.29. The van der Waals surface area contributed by atoms with Crippen LogP contribution in [-0.4, -0.2) is 20.3 Å². The third-order valence-corrected chi connectivity index (χ3v) is 2.74. The van der Waals surface area contributed by atoms with E-state index >= 15 is 0 Å². The Kier molecular flexibility index (Phi) is 3.76. The zero-order chi connectivity index (χ0) is 12.3. The topological polar surface area (TPSA) is 34.4 Å². The van der Waals surface area contributed by atoms with Crippen molar-refractivity contribution in [2.24, 2.45) is 0 Å². The molecule has 0 saturated carbocycles. The van der Waals surface area contributed by atoms with Crippen LogP contribution >= 0.6 is 0 Å². The summed E-state index contributed by atoms with van der Waals surface area (Å²) < 4.78 is 24.1. The average Bonchev–Trinajstić information content (AvgIpc) is 2.75. The number of hydrogen-bond donors (Lipinski definition) is 1. The molecule has 1 aromatic carbocycles. The summed E-state index contributed by atoms with van der Waals surface area (Å²) in [5.41, 5.74) is 2.43. The average molecular weight is 237 g/mol. The lowest BCUT2D eigenvalue weighted by molar-refractivity contribution is 0.199. The fourth-order valence-corrected chi connectivity index (χ4v) is 1.83. The normalized spacial score (nSPS) is 11.2. The van der Waals surface area contributed by atoms with Gasteiger partial charge in [-0.05, 0) is 18.6 Å². The van der Waals surface area contributed by atoms with Crippen molar-refractivity contribution in [3.05, 3.63) is 35.3 Å². The number of benzene rings is 1. The highest BCUT2D eigenvalue weighted by Crippen LogP contribution is 2.26. The highest BCUT2D eigenvalue weighted by Gasteiger charge is 2.12. The third-order valence-electron chi connectivity index (χ3n) is 2.74. The van der Waals surface area contributed by atoms with Crippen LogP contribution in [0.25, 0.3) is 11.0 Å². The molecule has 92 valence electrons. The molecule has 4 heteroatoms. The number of aryl methyl sites for hydroxylation is 1. The fraction of sp³-hybridized carbons (Fsp3) is 0.385. The van der Waals surface area contributed by atoms with Crippen molar-refractivity contribution in [1.29, 1.82) is 0 Å². The first-order chi connectivity index (χ1) is 8.24. The fourth-order valence-electron chi connectivity index (χ4n) is 1.83. The van der Waals surface area contributed by atoms with E-state index in [1.54, 1.807) is 19.4 Å². The minimum Gasteiger partial charge on any atom is -0.464 e. The predicted octanol–water partition coefficient (Wildman–Crippen LogP) is 2.62. The monoisotopic (exact) mass is 237 g/mol. The number of fused-ring (bicyclic) bond motifs is 1. The van der Waals surface area contributed by atoms with Crippen molar-refractivity contribution in [2.45, 2.75) is 13.5 Å². The van der Waals surface area contributed by atoms with Gasteiger partial charge in [0.1, 0.15) is 11.4 Å².